The highest BCUT2D eigenvalue weighted by Crippen LogP contribution is 2.26. The van der Waals surface area contributed by atoms with Gasteiger partial charge in [0.15, 0.2) is 6.61 Å². The van der Waals surface area contributed by atoms with E-state index >= 15 is 0 Å². The fraction of sp³-hybridized carbons (Fsp3) is 0.364. The van der Waals surface area contributed by atoms with Crippen molar-refractivity contribution >= 4 is 17.6 Å². The van der Waals surface area contributed by atoms with Crippen LogP contribution in [0.2, 0.25) is 0 Å². The van der Waals surface area contributed by atoms with Crippen molar-refractivity contribution in [1.29, 1.82) is 0 Å². The molecular weight excluding hydrogens is 388 g/mol. The van der Waals surface area contributed by atoms with Crippen LogP contribution in [0.15, 0.2) is 36.4 Å². The zero-order valence-corrected chi connectivity index (χ0v) is 17.0. The number of rotatable bonds is 7. The number of carbonyl (C=O) groups excluding carboxylic acids is 2. The van der Waals surface area contributed by atoms with Gasteiger partial charge in [-0.2, -0.15) is 0 Å². The minimum absolute atomic E-state index is 0.109. The number of ether oxygens (including phenoxy) is 2. The summed E-state index contributed by atoms with van der Waals surface area (Å²) in [5, 5.41) is 13.7. The minimum atomic E-state index is -0.868. The second-order valence-corrected chi connectivity index (χ2v) is 7.24. The first kappa shape index (κ1) is 21.3. The Balaban J connectivity index is 1.60. The molecule has 2 aromatic rings. The Morgan fingerprint density at radius 1 is 1.13 bits per heavy atom. The molecule has 1 N–H and O–H groups in total. The summed E-state index contributed by atoms with van der Waals surface area (Å²) in [6, 6.07) is 9.61. The first-order chi connectivity index (χ1) is 14.4. The Kier molecular flexibility index (Phi) is 6.66. The number of nitro benzene ring substituents is 1. The number of benzene rings is 2. The number of methoxy groups -OCH3 is 1. The molecule has 1 atom stereocenters. The molecular formula is C22H24N2O6. The zero-order valence-electron chi connectivity index (χ0n) is 17.0. The second-order valence-electron chi connectivity index (χ2n) is 7.24. The molecule has 1 aliphatic carbocycles. The van der Waals surface area contributed by atoms with E-state index in [9.17, 15) is 19.7 Å². The highest BCUT2D eigenvalue weighted by atomic mass is 16.6. The molecule has 1 amide bonds. The number of aryl methyl sites for hydroxylation is 2. The SMILES string of the molecule is COc1ccc([N+](=O)[O-])cc1C(=O)OCC(=O)N[C@H](C)c1ccc2c(c1)CCCC2. The Labute approximate surface area is 174 Å². The molecule has 8 nitrogen and oxygen atoms in total. The summed E-state index contributed by atoms with van der Waals surface area (Å²) >= 11 is 0. The van der Waals surface area contributed by atoms with E-state index in [-0.39, 0.29) is 23.0 Å². The summed E-state index contributed by atoms with van der Waals surface area (Å²) in [4.78, 5) is 34.9. The highest BCUT2D eigenvalue weighted by molar-refractivity contribution is 5.94. The molecule has 3 rings (SSSR count). The molecule has 0 fully saturated rings. The number of hydrogen-bond donors (Lipinski definition) is 1. The van der Waals surface area contributed by atoms with Crippen molar-refractivity contribution in [3.05, 3.63) is 68.8 Å². The van der Waals surface area contributed by atoms with Gasteiger partial charge >= 0.3 is 5.97 Å². The molecule has 0 radical (unpaired) electrons. The molecule has 158 valence electrons. The van der Waals surface area contributed by atoms with Gasteiger partial charge in [-0.05, 0) is 55.4 Å². The summed E-state index contributed by atoms with van der Waals surface area (Å²) < 4.78 is 10.1. The third-order valence-electron chi connectivity index (χ3n) is 5.20. The number of nitrogens with zero attached hydrogens (tertiary/aromatic N) is 1. The molecule has 1 aliphatic rings. The number of amides is 1. The summed E-state index contributed by atoms with van der Waals surface area (Å²) in [7, 11) is 1.34. The van der Waals surface area contributed by atoms with Gasteiger partial charge in [0.1, 0.15) is 11.3 Å². The molecule has 0 spiro atoms. The number of non-ortho nitro benzene ring substituents is 1. The second kappa shape index (κ2) is 9.39. The molecule has 0 bridgehead atoms. The van der Waals surface area contributed by atoms with Crippen molar-refractivity contribution in [3.8, 4) is 5.75 Å². The highest BCUT2D eigenvalue weighted by Gasteiger charge is 2.20. The van der Waals surface area contributed by atoms with Crippen LogP contribution < -0.4 is 10.1 Å². The third kappa shape index (κ3) is 4.94. The first-order valence-electron chi connectivity index (χ1n) is 9.79. The van der Waals surface area contributed by atoms with Gasteiger partial charge in [0.25, 0.3) is 11.6 Å². The van der Waals surface area contributed by atoms with Gasteiger partial charge < -0.3 is 14.8 Å². The maximum absolute atomic E-state index is 12.3. The van der Waals surface area contributed by atoms with E-state index in [4.69, 9.17) is 9.47 Å². The van der Waals surface area contributed by atoms with Crippen LogP contribution >= 0.6 is 0 Å². The fourth-order valence-electron chi connectivity index (χ4n) is 3.57. The maximum Gasteiger partial charge on any atom is 0.342 e. The Bertz CT molecular complexity index is 972. The van der Waals surface area contributed by atoms with Crippen molar-refractivity contribution in [1.82, 2.24) is 5.32 Å². The van der Waals surface area contributed by atoms with Gasteiger partial charge in [0.05, 0.1) is 18.1 Å². The van der Waals surface area contributed by atoms with Crippen molar-refractivity contribution in [2.75, 3.05) is 13.7 Å². The zero-order chi connectivity index (χ0) is 21.7. The molecule has 0 aromatic heterocycles. The van der Waals surface area contributed by atoms with Gasteiger partial charge in [-0.15, -0.1) is 0 Å². The van der Waals surface area contributed by atoms with Crippen molar-refractivity contribution in [3.63, 3.8) is 0 Å². The van der Waals surface area contributed by atoms with E-state index in [1.54, 1.807) is 0 Å². The lowest BCUT2D eigenvalue weighted by molar-refractivity contribution is -0.384. The van der Waals surface area contributed by atoms with Crippen LogP contribution in [0.5, 0.6) is 5.75 Å². The lowest BCUT2D eigenvalue weighted by Crippen LogP contribution is -2.31. The summed E-state index contributed by atoms with van der Waals surface area (Å²) in [5.41, 5.74) is 3.30. The number of esters is 1. The molecule has 0 saturated heterocycles. The van der Waals surface area contributed by atoms with Crippen molar-refractivity contribution in [2.24, 2.45) is 0 Å². The predicted octanol–water partition coefficient (Wildman–Crippen LogP) is 3.52. The van der Waals surface area contributed by atoms with E-state index in [1.807, 2.05) is 13.0 Å². The van der Waals surface area contributed by atoms with Gasteiger partial charge in [0, 0.05) is 12.1 Å². The number of nitrogens with one attached hydrogen (secondary N) is 1. The monoisotopic (exact) mass is 412 g/mol. The van der Waals surface area contributed by atoms with Crippen LogP contribution in [0.3, 0.4) is 0 Å². The van der Waals surface area contributed by atoms with Crippen LogP contribution in [0.1, 0.15) is 52.9 Å². The number of carbonyl (C=O) groups is 2. The Morgan fingerprint density at radius 3 is 2.57 bits per heavy atom. The van der Waals surface area contributed by atoms with Crippen molar-refractivity contribution < 1.29 is 24.0 Å². The van der Waals surface area contributed by atoms with Crippen LogP contribution in [0.25, 0.3) is 0 Å². The predicted molar refractivity (Wildman–Crippen MR) is 110 cm³/mol. The average Bonchev–Trinajstić information content (AvgIpc) is 2.76. The molecule has 0 unspecified atom stereocenters. The third-order valence-corrected chi connectivity index (χ3v) is 5.20. The van der Waals surface area contributed by atoms with E-state index in [2.05, 4.69) is 17.4 Å². The summed E-state index contributed by atoms with van der Waals surface area (Å²) in [6.45, 7) is 1.37. The molecule has 0 saturated carbocycles. The van der Waals surface area contributed by atoms with Crippen LogP contribution in [0.4, 0.5) is 5.69 Å². The average molecular weight is 412 g/mol. The first-order valence-corrected chi connectivity index (χ1v) is 9.79. The summed E-state index contributed by atoms with van der Waals surface area (Å²) in [6.07, 6.45) is 4.52. The van der Waals surface area contributed by atoms with Crippen LogP contribution in [-0.2, 0) is 22.4 Å². The van der Waals surface area contributed by atoms with E-state index in [0.29, 0.717) is 0 Å². The quantitative estimate of drug-likeness (QED) is 0.424. The van der Waals surface area contributed by atoms with Crippen LogP contribution in [0, 0.1) is 10.1 Å². The van der Waals surface area contributed by atoms with Crippen molar-refractivity contribution in [2.45, 2.75) is 38.6 Å². The lowest BCUT2D eigenvalue weighted by atomic mass is 9.89. The molecule has 8 heteroatoms. The van der Waals surface area contributed by atoms with Gasteiger partial charge in [-0.1, -0.05) is 18.2 Å². The standard InChI is InChI=1S/C22H24N2O6/c1-14(16-8-7-15-5-3-4-6-17(15)11-16)23-21(25)13-30-22(26)19-12-18(24(27)28)9-10-20(19)29-2/h7-12,14H,3-6,13H2,1-2H3,(H,23,25)/t14-/m1/s1. The van der Waals surface area contributed by atoms with Gasteiger partial charge in [0.2, 0.25) is 0 Å². The van der Waals surface area contributed by atoms with E-state index < -0.39 is 23.4 Å². The molecule has 2 aromatic carbocycles. The van der Waals surface area contributed by atoms with Gasteiger partial charge in [-0.25, -0.2) is 4.79 Å². The lowest BCUT2D eigenvalue weighted by Gasteiger charge is -2.20. The minimum Gasteiger partial charge on any atom is -0.496 e. The number of nitro groups is 1. The number of hydrogen-bond acceptors (Lipinski definition) is 6. The normalized spacial score (nSPS) is 13.7. The Morgan fingerprint density at radius 2 is 1.87 bits per heavy atom. The smallest absolute Gasteiger partial charge is 0.342 e. The van der Waals surface area contributed by atoms with E-state index in [1.165, 1.54) is 43.2 Å². The maximum atomic E-state index is 12.3. The fourth-order valence-corrected chi connectivity index (χ4v) is 3.57. The summed E-state index contributed by atoms with van der Waals surface area (Å²) in [5.74, 6) is -1.20. The van der Waals surface area contributed by atoms with Gasteiger partial charge in [-0.3, -0.25) is 14.9 Å². The molecule has 0 heterocycles. The molecule has 0 aliphatic heterocycles. The van der Waals surface area contributed by atoms with E-state index in [0.717, 1.165) is 24.5 Å². The Hall–Kier alpha value is -3.42. The number of fused-ring (bicyclic) bond motifs is 1. The van der Waals surface area contributed by atoms with Crippen LogP contribution in [-0.4, -0.2) is 30.5 Å². The molecule has 30 heavy (non-hydrogen) atoms. The largest absolute Gasteiger partial charge is 0.496 e. The topological polar surface area (TPSA) is 108 Å².